The first kappa shape index (κ1) is 14.0. The number of benzene rings is 1. The van der Waals surface area contributed by atoms with Crippen LogP contribution >= 0.6 is 0 Å². The summed E-state index contributed by atoms with van der Waals surface area (Å²) in [5.74, 6) is 0.396. The second-order valence-electron chi connectivity index (χ2n) is 4.13. The number of ether oxygens (including phenoxy) is 1. The van der Waals surface area contributed by atoms with Gasteiger partial charge in [0.05, 0.1) is 6.10 Å². The predicted octanol–water partition coefficient (Wildman–Crippen LogP) is 3.50. The Bertz CT molecular complexity index is 337. The van der Waals surface area contributed by atoms with Gasteiger partial charge >= 0.3 is 0 Å². The van der Waals surface area contributed by atoms with Crippen molar-refractivity contribution in [2.45, 2.75) is 46.3 Å². The molecule has 96 valence electrons. The monoisotopic (exact) mass is 239 g/mol. The van der Waals surface area contributed by atoms with E-state index in [0.29, 0.717) is 12.3 Å². The molecule has 1 N–H and O–H groups in total. The molecule has 0 amide bonds. The first-order valence-corrected chi connectivity index (χ1v) is 6.36. The Labute approximate surface area is 103 Å². The van der Waals surface area contributed by atoms with Crippen LogP contribution in [0.15, 0.2) is 18.2 Å². The minimum Gasteiger partial charge on any atom is -0.490 e. The van der Waals surface area contributed by atoms with Crippen LogP contribution in [0.2, 0.25) is 0 Å². The molecule has 0 aromatic heterocycles. The Morgan fingerprint density at radius 2 is 1.88 bits per heavy atom. The summed E-state index contributed by atoms with van der Waals surface area (Å²) in [7, 11) is 0. The van der Waals surface area contributed by atoms with Crippen molar-refractivity contribution in [3.8, 4) is 5.75 Å². The van der Waals surface area contributed by atoms with Crippen LogP contribution < -0.4 is 10.1 Å². The molecule has 0 saturated carbocycles. The molecule has 0 bridgehead atoms. The van der Waals surface area contributed by atoms with Gasteiger partial charge in [-0.05, 0) is 37.1 Å². The number of rotatable bonds is 7. The van der Waals surface area contributed by atoms with E-state index in [1.54, 1.807) is 6.07 Å². The lowest BCUT2D eigenvalue weighted by atomic mass is 10.2. The average molecular weight is 239 g/mol. The molecule has 0 aliphatic heterocycles. The third-order valence-corrected chi connectivity index (χ3v) is 2.72. The molecule has 0 heterocycles. The van der Waals surface area contributed by atoms with Gasteiger partial charge in [0.15, 0.2) is 0 Å². The van der Waals surface area contributed by atoms with Gasteiger partial charge in [-0.3, -0.25) is 0 Å². The molecule has 1 rings (SSSR count). The summed E-state index contributed by atoms with van der Waals surface area (Å²) in [4.78, 5) is 0. The molecule has 1 aromatic rings. The summed E-state index contributed by atoms with van der Waals surface area (Å²) in [6.07, 6.45) is 2.05. The first-order chi connectivity index (χ1) is 8.19. The van der Waals surface area contributed by atoms with Crippen LogP contribution in [0.5, 0.6) is 5.75 Å². The van der Waals surface area contributed by atoms with E-state index in [1.807, 2.05) is 13.0 Å². The lowest BCUT2D eigenvalue weighted by Gasteiger charge is -2.16. The van der Waals surface area contributed by atoms with Crippen LogP contribution in [-0.4, -0.2) is 12.6 Å². The van der Waals surface area contributed by atoms with Crippen molar-refractivity contribution in [3.63, 3.8) is 0 Å². The Morgan fingerprint density at radius 1 is 1.18 bits per heavy atom. The van der Waals surface area contributed by atoms with E-state index >= 15 is 0 Å². The average Bonchev–Trinajstić information content (AvgIpc) is 2.32. The van der Waals surface area contributed by atoms with E-state index in [-0.39, 0.29) is 11.9 Å². The van der Waals surface area contributed by atoms with E-state index in [9.17, 15) is 4.39 Å². The van der Waals surface area contributed by atoms with Gasteiger partial charge in [-0.15, -0.1) is 0 Å². The van der Waals surface area contributed by atoms with Crippen LogP contribution in [0.3, 0.4) is 0 Å². The van der Waals surface area contributed by atoms with Crippen molar-refractivity contribution in [1.82, 2.24) is 5.32 Å². The number of hydrogen-bond acceptors (Lipinski definition) is 2. The third-order valence-electron chi connectivity index (χ3n) is 2.72. The maximum atomic E-state index is 13.4. The molecule has 0 aliphatic carbocycles. The van der Waals surface area contributed by atoms with E-state index in [0.717, 1.165) is 24.9 Å². The number of halogens is 1. The van der Waals surface area contributed by atoms with Gasteiger partial charge in [-0.1, -0.05) is 20.8 Å². The van der Waals surface area contributed by atoms with E-state index in [2.05, 4.69) is 19.2 Å². The SMILES string of the molecule is CCNCc1cc(F)cc(OC(CC)CC)c1. The van der Waals surface area contributed by atoms with Crippen molar-refractivity contribution >= 4 is 0 Å². The summed E-state index contributed by atoms with van der Waals surface area (Å²) in [6, 6.07) is 4.90. The molecule has 0 spiro atoms. The smallest absolute Gasteiger partial charge is 0.127 e. The minimum absolute atomic E-state index is 0.170. The summed E-state index contributed by atoms with van der Waals surface area (Å²) < 4.78 is 19.2. The van der Waals surface area contributed by atoms with E-state index in [1.165, 1.54) is 6.07 Å². The molecule has 0 radical (unpaired) electrons. The Hall–Kier alpha value is -1.09. The highest BCUT2D eigenvalue weighted by Crippen LogP contribution is 2.19. The highest BCUT2D eigenvalue weighted by Gasteiger charge is 2.07. The molecule has 2 nitrogen and oxygen atoms in total. The van der Waals surface area contributed by atoms with Crippen molar-refractivity contribution < 1.29 is 9.13 Å². The van der Waals surface area contributed by atoms with Crippen LogP contribution in [0, 0.1) is 5.82 Å². The van der Waals surface area contributed by atoms with Crippen molar-refractivity contribution in [2.75, 3.05) is 6.54 Å². The van der Waals surface area contributed by atoms with E-state index < -0.39 is 0 Å². The molecule has 0 saturated heterocycles. The fourth-order valence-corrected chi connectivity index (χ4v) is 1.71. The largest absolute Gasteiger partial charge is 0.490 e. The van der Waals surface area contributed by atoms with Gasteiger partial charge in [0.2, 0.25) is 0 Å². The topological polar surface area (TPSA) is 21.3 Å². The predicted molar refractivity (Wildman–Crippen MR) is 68.8 cm³/mol. The molecule has 3 heteroatoms. The second kappa shape index (κ2) is 7.28. The number of nitrogens with one attached hydrogen (secondary N) is 1. The van der Waals surface area contributed by atoms with Gasteiger partial charge in [0, 0.05) is 12.6 Å². The fourth-order valence-electron chi connectivity index (χ4n) is 1.71. The third kappa shape index (κ3) is 4.73. The highest BCUT2D eigenvalue weighted by molar-refractivity contribution is 5.29. The Kier molecular flexibility index (Phi) is 5.98. The van der Waals surface area contributed by atoms with E-state index in [4.69, 9.17) is 4.74 Å². The lowest BCUT2D eigenvalue weighted by Crippen LogP contribution is -2.15. The quantitative estimate of drug-likeness (QED) is 0.786. The number of hydrogen-bond donors (Lipinski definition) is 1. The van der Waals surface area contributed by atoms with Crippen LogP contribution in [0.4, 0.5) is 4.39 Å². The summed E-state index contributed by atoms with van der Waals surface area (Å²) in [5, 5.41) is 3.18. The zero-order valence-corrected chi connectivity index (χ0v) is 10.9. The lowest BCUT2D eigenvalue weighted by molar-refractivity contribution is 0.192. The van der Waals surface area contributed by atoms with Crippen LogP contribution in [0.25, 0.3) is 0 Å². The molecule has 0 aliphatic rings. The van der Waals surface area contributed by atoms with Gasteiger partial charge in [-0.25, -0.2) is 4.39 Å². The maximum absolute atomic E-state index is 13.4. The first-order valence-electron chi connectivity index (χ1n) is 6.36. The zero-order valence-electron chi connectivity index (χ0n) is 10.9. The second-order valence-corrected chi connectivity index (χ2v) is 4.13. The van der Waals surface area contributed by atoms with Crippen LogP contribution in [0.1, 0.15) is 39.2 Å². The molecule has 1 aromatic carbocycles. The fraction of sp³-hybridized carbons (Fsp3) is 0.571. The van der Waals surface area contributed by atoms with Crippen molar-refractivity contribution in [3.05, 3.63) is 29.6 Å². The zero-order chi connectivity index (χ0) is 12.7. The van der Waals surface area contributed by atoms with Gasteiger partial charge in [-0.2, -0.15) is 0 Å². The summed E-state index contributed by atoms with van der Waals surface area (Å²) >= 11 is 0. The standard InChI is InChI=1S/C14H22FNO/c1-4-13(5-2)17-14-8-11(10-16-6-3)7-12(15)9-14/h7-9,13,16H,4-6,10H2,1-3H3. The van der Waals surface area contributed by atoms with Gasteiger partial charge in [0.1, 0.15) is 11.6 Å². The minimum atomic E-state index is -0.235. The normalized spacial score (nSPS) is 10.9. The summed E-state index contributed by atoms with van der Waals surface area (Å²) in [5.41, 5.74) is 0.924. The summed E-state index contributed by atoms with van der Waals surface area (Å²) in [6.45, 7) is 7.73. The molecule has 0 atom stereocenters. The molecular weight excluding hydrogens is 217 g/mol. The Morgan fingerprint density at radius 3 is 2.47 bits per heavy atom. The molecule has 17 heavy (non-hydrogen) atoms. The molecule has 0 unspecified atom stereocenters. The van der Waals surface area contributed by atoms with Gasteiger partial charge in [0.25, 0.3) is 0 Å². The van der Waals surface area contributed by atoms with Crippen molar-refractivity contribution in [2.24, 2.45) is 0 Å². The van der Waals surface area contributed by atoms with Crippen LogP contribution in [-0.2, 0) is 6.54 Å². The van der Waals surface area contributed by atoms with Gasteiger partial charge < -0.3 is 10.1 Å². The highest BCUT2D eigenvalue weighted by atomic mass is 19.1. The molecular formula is C14H22FNO. The molecule has 0 fully saturated rings. The van der Waals surface area contributed by atoms with Crippen molar-refractivity contribution in [1.29, 1.82) is 0 Å². The maximum Gasteiger partial charge on any atom is 0.127 e. The Balaban J connectivity index is 2.74.